The molecular formula is C12H12ClN3S. The number of rotatable bonds is 2. The van der Waals surface area contributed by atoms with Crippen molar-refractivity contribution in [1.29, 1.82) is 0 Å². The number of nitrogens with zero attached hydrogens (tertiary/aromatic N) is 2. The van der Waals surface area contributed by atoms with Crippen LogP contribution in [0.5, 0.6) is 0 Å². The summed E-state index contributed by atoms with van der Waals surface area (Å²) in [6, 6.07) is 4.08. The summed E-state index contributed by atoms with van der Waals surface area (Å²) in [7, 11) is 0. The van der Waals surface area contributed by atoms with E-state index in [4.69, 9.17) is 11.6 Å². The predicted molar refractivity (Wildman–Crippen MR) is 70.3 cm³/mol. The molecule has 1 saturated heterocycles. The van der Waals surface area contributed by atoms with Gasteiger partial charge >= 0.3 is 0 Å². The van der Waals surface area contributed by atoms with E-state index in [-0.39, 0.29) is 0 Å². The van der Waals surface area contributed by atoms with E-state index >= 15 is 0 Å². The van der Waals surface area contributed by atoms with Crippen molar-refractivity contribution in [2.75, 3.05) is 6.54 Å². The molecule has 0 spiro atoms. The molecule has 1 atom stereocenters. The number of pyridine rings is 1. The molecule has 0 bridgehead atoms. The van der Waals surface area contributed by atoms with Crippen LogP contribution in [0.25, 0.3) is 10.7 Å². The minimum atomic E-state index is 0.405. The van der Waals surface area contributed by atoms with Crippen LogP contribution in [-0.4, -0.2) is 16.5 Å². The molecule has 17 heavy (non-hydrogen) atoms. The summed E-state index contributed by atoms with van der Waals surface area (Å²) in [6.07, 6.45) is 4.14. The molecular weight excluding hydrogens is 254 g/mol. The zero-order chi connectivity index (χ0) is 11.7. The number of halogens is 1. The van der Waals surface area contributed by atoms with Crippen molar-refractivity contribution in [1.82, 2.24) is 15.3 Å². The first-order valence-corrected chi connectivity index (χ1v) is 6.90. The van der Waals surface area contributed by atoms with Crippen LogP contribution in [0.15, 0.2) is 23.7 Å². The molecule has 0 aliphatic carbocycles. The number of aromatic nitrogens is 2. The summed E-state index contributed by atoms with van der Waals surface area (Å²) in [5.41, 5.74) is 1.90. The Balaban J connectivity index is 1.92. The molecule has 0 amide bonds. The molecule has 2 aromatic rings. The van der Waals surface area contributed by atoms with Gasteiger partial charge in [0.05, 0.1) is 16.8 Å². The van der Waals surface area contributed by atoms with Crippen molar-refractivity contribution in [3.8, 4) is 10.7 Å². The van der Waals surface area contributed by atoms with Crippen LogP contribution >= 0.6 is 22.9 Å². The van der Waals surface area contributed by atoms with Crippen LogP contribution in [-0.2, 0) is 0 Å². The van der Waals surface area contributed by atoms with E-state index in [1.165, 1.54) is 12.8 Å². The normalized spacial score (nSPS) is 19.7. The Kier molecular flexibility index (Phi) is 3.09. The van der Waals surface area contributed by atoms with Crippen molar-refractivity contribution in [2.45, 2.75) is 18.9 Å². The first-order valence-electron chi connectivity index (χ1n) is 5.64. The van der Waals surface area contributed by atoms with Crippen LogP contribution in [0.2, 0.25) is 5.02 Å². The lowest BCUT2D eigenvalue weighted by Gasteiger charge is -2.05. The van der Waals surface area contributed by atoms with Gasteiger partial charge in [0.15, 0.2) is 0 Å². The molecule has 0 radical (unpaired) electrons. The highest BCUT2D eigenvalue weighted by Crippen LogP contribution is 2.31. The molecule has 3 heterocycles. The summed E-state index contributed by atoms with van der Waals surface area (Å²) in [4.78, 5) is 8.92. The third kappa shape index (κ3) is 2.20. The summed E-state index contributed by atoms with van der Waals surface area (Å²) >= 11 is 7.72. The topological polar surface area (TPSA) is 37.8 Å². The number of thiazole rings is 1. The van der Waals surface area contributed by atoms with Crippen LogP contribution in [0, 0.1) is 0 Å². The summed E-state index contributed by atoms with van der Waals surface area (Å²) in [5, 5.41) is 7.11. The highest BCUT2D eigenvalue weighted by atomic mass is 35.5. The molecule has 0 aromatic carbocycles. The lowest BCUT2D eigenvalue weighted by Crippen LogP contribution is -2.12. The van der Waals surface area contributed by atoms with Crippen LogP contribution in [0.4, 0.5) is 0 Å². The molecule has 1 N–H and O–H groups in total. The summed E-state index contributed by atoms with van der Waals surface area (Å²) in [5.74, 6) is 0. The van der Waals surface area contributed by atoms with Crippen molar-refractivity contribution in [2.24, 2.45) is 0 Å². The average molecular weight is 266 g/mol. The second-order valence-electron chi connectivity index (χ2n) is 4.06. The van der Waals surface area contributed by atoms with Gasteiger partial charge < -0.3 is 5.32 Å². The molecule has 2 aromatic heterocycles. The zero-order valence-electron chi connectivity index (χ0n) is 9.19. The van der Waals surface area contributed by atoms with E-state index < -0.39 is 0 Å². The highest BCUT2D eigenvalue weighted by molar-refractivity contribution is 7.13. The molecule has 5 heteroatoms. The maximum Gasteiger partial charge on any atom is 0.143 e. The van der Waals surface area contributed by atoms with Gasteiger partial charge in [-0.2, -0.15) is 0 Å². The lowest BCUT2D eigenvalue weighted by atomic mass is 10.2. The Hall–Kier alpha value is -0.970. The van der Waals surface area contributed by atoms with Gasteiger partial charge in [-0.15, -0.1) is 11.3 Å². The number of hydrogen-bond donors (Lipinski definition) is 1. The first kappa shape index (κ1) is 11.1. The Bertz CT molecular complexity index is 520. The monoisotopic (exact) mass is 265 g/mol. The summed E-state index contributed by atoms with van der Waals surface area (Å²) in [6.45, 7) is 1.09. The maximum atomic E-state index is 6.12. The van der Waals surface area contributed by atoms with Crippen molar-refractivity contribution < 1.29 is 0 Å². The lowest BCUT2D eigenvalue weighted by molar-refractivity contribution is 0.632. The van der Waals surface area contributed by atoms with E-state index in [9.17, 15) is 0 Å². The van der Waals surface area contributed by atoms with Crippen molar-refractivity contribution >= 4 is 22.9 Å². The van der Waals surface area contributed by atoms with Gasteiger partial charge in [-0.3, -0.25) is 4.98 Å². The number of hydrogen-bond acceptors (Lipinski definition) is 4. The highest BCUT2D eigenvalue weighted by Gasteiger charge is 2.19. The van der Waals surface area contributed by atoms with E-state index in [0.29, 0.717) is 11.1 Å². The van der Waals surface area contributed by atoms with E-state index in [2.05, 4.69) is 20.7 Å². The number of nitrogens with one attached hydrogen (secondary N) is 1. The first-order chi connectivity index (χ1) is 8.34. The van der Waals surface area contributed by atoms with Gasteiger partial charge in [-0.25, -0.2) is 4.98 Å². The van der Waals surface area contributed by atoms with Crippen LogP contribution in [0.3, 0.4) is 0 Å². The molecule has 88 valence electrons. The molecule has 0 saturated carbocycles. The van der Waals surface area contributed by atoms with Gasteiger partial charge in [0.25, 0.3) is 0 Å². The Morgan fingerprint density at radius 3 is 3.18 bits per heavy atom. The fourth-order valence-electron chi connectivity index (χ4n) is 2.04. The van der Waals surface area contributed by atoms with E-state index in [1.807, 2.05) is 12.1 Å². The maximum absolute atomic E-state index is 6.12. The standard InChI is InChI=1S/C12H12ClN3S/c13-8-3-1-6-15-11(8)12-16-10(7-17-12)9-4-2-5-14-9/h1,3,6-7,9,14H,2,4-5H2. The van der Waals surface area contributed by atoms with Crippen LogP contribution in [0.1, 0.15) is 24.6 Å². The van der Waals surface area contributed by atoms with E-state index in [1.54, 1.807) is 17.5 Å². The Morgan fingerprint density at radius 1 is 1.47 bits per heavy atom. The quantitative estimate of drug-likeness (QED) is 0.906. The molecule has 1 aliphatic rings. The Morgan fingerprint density at radius 2 is 2.41 bits per heavy atom. The van der Waals surface area contributed by atoms with Gasteiger partial charge in [0, 0.05) is 11.6 Å². The van der Waals surface area contributed by atoms with Crippen molar-refractivity contribution in [3.63, 3.8) is 0 Å². The van der Waals surface area contributed by atoms with Crippen molar-refractivity contribution in [3.05, 3.63) is 34.4 Å². The second kappa shape index (κ2) is 4.72. The van der Waals surface area contributed by atoms with E-state index in [0.717, 1.165) is 22.9 Å². The van der Waals surface area contributed by atoms with Gasteiger partial charge in [-0.05, 0) is 31.5 Å². The zero-order valence-corrected chi connectivity index (χ0v) is 10.8. The molecule has 3 nitrogen and oxygen atoms in total. The Labute approximate surface area is 109 Å². The second-order valence-corrected chi connectivity index (χ2v) is 5.33. The predicted octanol–water partition coefficient (Wildman–Crippen LogP) is 3.28. The molecule has 3 rings (SSSR count). The van der Waals surface area contributed by atoms with Crippen LogP contribution < -0.4 is 5.32 Å². The average Bonchev–Trinajstić information content (AvgIpc) is 3.00. The third-order valence-electron chi connectivity index (χ3n) is 2.90. The van der Waals surface area contributed by atoms with Gasteiger partial charge in [-0.1, -0.05) is 11.6 Å². The van der Waals surface area contributed by atoms with Gasteiger partial charge in [0.2, 0.25) is 0 Å². The third-order valence-corrected chi connectivity index (χ3v) is 4.07. The minimum absolute atomic E-state index is 0.405. The molecule has 1 aliphatic heterocycles. The smallest absolute Gasteiger partial charge is 0.143 e. The fourth-order valence-corrected chi connectivity index (χ4v) is 3.18. The largest absolute Gasteiger partial charge is 0.309 e. The summed E-state index contributed by atoms with van der Waals surface area (Å²) < 4.78 is 0. The van der Waals surface area contributed by atoms with Gasteiger partial charge in [0.1, 0.15) is 10.7 Å². The molecule has 1 fully saturated rings. The minimum Gasteiger partial charge on any atom is -0.309 e. The fraction of sp³-hybridized carbons (Fsp3) is 0.333. The molecule has 1 unspecified atom stereocenters. The SMILES string of the molecule is Clc1cccnc1-c1nc(C2CCCN2)cs1.